The molecule has 2 aliphatic rings. The molecule has 0 unspecified atom stereocenters. The molecule has 0 saturated heterocycles. The molecular formula is C34H36ClNO5. The van der Waals surface area contributed by atoms with Crippen LogP contribution in [-0.2, 0) is 21.7 Å². The van der Waals surface area contributed by atoms with E-state index < -0.39 is 17.3 Å². The monoisotopic (exact) mass is 573 g/mol. The zero-order valence-electron chi connectivity index (χ0n) is 24.1. The van der Waals surface area contributed by atoms with Crippen molar-refractivity contribution in [1.82, 2.24) is 0 Å². The number of allylic oxidation sites excluding steroid dienone is 2. The Hall–Kier alpha value is -3.58. The molecule has 3 aromatic carbocycles. The van der Waals surface area contributed by atoms with Gasteiger partial charge in [-0.05, 0) is 87.2 Å². The molecule has 3 aromatic rings. The normalized spacial score (nSPS) is 23.0. The lowest BCUT2D eigenvalue weighted by Crippen LogP contribution is -2.57. The zero-order chi connectivity index (χ0) is 29.4. The van der Waals surface area contributed by atoms with E-state index in [1.807, 2.05) is 37.3 Å². The summed E-state index contributed by atoms with van der Waals surface area (Å²) in [6, 6.07) is 18.3. The fourth-order valence-electron chi connectivity index (χ4n) is 5.66. The second-order valence-corrected chi connectivity index (χ2v) is 11.5. The van der Waals surface area contributed by atoms with E-state index in [0.29, 0.717) is 33.3 Å². The molecule has 214 valence electrons. The number of anilines is 1. The van der Waals surface area contributed by atoms with Gasteiger partial charge in [-0.2, -0.15) is 0 Å². The van der Waals surface area contributed by atoms with Crippen LogP contribution in [0.4, 0.5) is 5.69 Å². The van der Waals surface area contributed by atoms with Gasteiger partial charge in [-0.3, -0.25) is 4.79 Å². The molecule has 0 spiro atoms. The van der Waals surface area contributed by atoms with Gasteiger partial charge in [0.1, 0.15) is 17.1 Å². The Labute approximate surface area is 246 Å². The first-order chi connectivity index (χ1) is 19.6. The number of carbonyl (C=O) groups is 1. The van der Waals surface area contributed by atoms with Crippen LogP contribution in [0.1, 0.15) is 55.9 Å². The van der Waals surface area contributed by atoms with Crippen LogP contribution < -0.4 is 14.4 Å². The summed E-state index contributed by atoms with van der Waals surface area (Å²) in [4.78, 5) is 15.8. The Bertz CT molecular complexity index is 1490. The van der Waals surface area contributed by atoms with Crippen molar-refractivity contribution in [2.75, 3.05) is 19.1 Å². The van der Waals surface area contributed by atoms with Crippen molar-refractivity contribution < 1.29 is 24.1 Å². The summed E-state index contributed by atoms with van der Waals surface area (Å²) in [5.41, 5.74) is 2.09. The average Bonchev–Trinajstić information content (AvgIpc) is 2.95. The topological polar surface area (TPSA) is 68.2 Å². The first-order valence-electron chi connectivity index (χ1n) is 13.7. The van der Waals surface area contributed by atoms with Gasteiger partial charge in [0.05, 0.1) is 24.9 Å². The zero-order valence-corrected chi connectivity index (χ0v) is 24.9. The van der Waals surface area contributed by atoms with Gasteiger partial charge in [-0.25, -0.2) is 0 Å². The summed E-state index contributed by atoms with van der Waals surface area (Å²) >= 11 is 6.13. The van der Waals surface area contributed by atoms with Crippen LogP contribution in [0, 0.1) is 0 Å². The molecule has 0 bridgehead atoms. The van der Waals surface area contributed by atoms with E-state index in [2.05, 4.69) is 26.0 Å². The van der Waals surface area contributed by atoms with Gasteiger partial charge in [-0.1, -0.05) is 53.6 Å². The van der Waals surface area contributed by atoms with Crippen molar-refractivity contribution in [1.29, 1.82) is 0 Å². The van der Waals surface area contributed by atoms with Crippen LogP contribution in [-0.4, -0.2) is 36.9 Å². The summed E-state index contributed by atoms with van der Waals surface area (Å²) in [5.74, 6) is 0.823. The number of aliphatic hydroxyl groups is 1. The van der Waals surface area contributed by atoms with Crippen LogP contribution >= 0.6 is 11.6 Å². The van der Waals surface area contributed by atoms with Crippen LogP contribution in [0.25, 0.3) is 6.08 Å². The molecule has 0 aromatic heterocycles. The first-order valence-corrected chi connectivity index (χ1v) is 14.1. The van der Waals surface area contributed by atoms with Gasteiger partial charge in [0.2, 0.25) is 0 Å². The molecule has 2 aliphatic heterocycles. The molecule has 0 radical (unpaired) electrons. The molecule has 0 fully saturated rings. The van der Waals surface area contributed by atoms with Crippen molar-refractivity contribution in [3.63, 3.8) is 0 Å². The van der Waals surface area contributed by atoms with E-state index in [-0.39, 0.29) is 12.5 Å². The van der Waals surface area contributed by atoms with Crippen LogP contribution in [0.2, 0.25) is 5.02 Å². The molecule has 0 saturated carbocycles. The van der Waals surface area contributed by atoms with Gasteiger partial charge >= 0.3 is 0 Å². The van der Waals surface area contributed by atoms with Crippen molar-refractivity contribution in [3.8, 4) is 11.5 Å². The average molecular weight is 574 g/mol. The van der Waals surface area contributed by atoms with Crippen molar-refractivity contribution in [2.45, 2.75) is 57.5 Å². The SMILES string of the molecule is COc1ccc([C@]2(O)c3c(ccc4c3O[C@](C)(CCC=C(C)C)C=C4)N(Cc3ccc(Cl)cc3)C(=O)[C@H]2OC)cc1. The minimum Gasteiger partial charge on any atom is -0.497 e. The number of benzene rings is 3. The largest absolute Gasteiger partial charge is 0.497 e. The van der Waals surface area contributed by atoms with E-state index in [1.165, 1.54) is 12.7 Å². The molecule has 6 nitrogen and oxygen atoms in total. The standard InChI is InChI=1S/C34H36ClNO5/c1-22(2)7-6-19-33(3)20-18-24-10-17-28-29(30(24)41-33)34(38,25-11-15-27(39-4)16-12-25)31(40-5)32(37)36(28)21-23-8-13-26(35)14-9-23/h7-18,20,31,38H,6,19,21H2,1-5H3/t31-,33-,34+/m1/s1. The second kappa shape index (κ2) is 11.4. The maximum atomic E-state index is 14.1. The van der Waals surface area contributed by atoms with E-state index in [1.54, 1.807) is 48.4 Å². The molecule has 2 heterocycles. The molecule has 3 atom stereocenters. The van der Waals surface area contributed by atoms with Crippen LogP contribution in [0.15, 0.2) is 78.4 Å². The molecule has 5 rings (SSSR count). The number of nitrogens with zero attached hydrogens (tertiary/aromatic N) is 1. The number of ether oxygens (including phenoxy) is 3. The third-order valence-electron chi connectivity index (χ3n) is 7.87. The number of carbonyl (C=O) groups excluding carboxylic acids is 1. The van der Waals surface area contributed by atoms with Crippen LogP contribution in [0.3, 0.4) is 0 Å². The van der Waals surface area contributed by atoms with Gasteiger partial charge in [0.15, 0.2) is 11.7 Å². The summed E-state index contributed by atoms with van der Waals surface area (Å²) in [6.07, 6.45) is 6.67. The first kappa shape index (κ1) is 28.9. The number of hydrogen-bond acceptors (Lipinski definition) is 5. The maximum absolute atomic E-state index is 14.1. The highest BCUT2D eigenvalue weighted by atomic mass is 35.5. The molecular weight excluding hydrogens is 538 g/mol. The number of halogens is 1. The Morgan fingerprint density at radius 3 is 2.41 bits per heavy atom. The third-order valence-corrected chi connectivity index (χ3v) is 8.12. The number of methoxy groups -OCH3 is 2. The van der Waals surface area contributed by atoms with E-state index in [4.69, 9.17) is 25.8 Å². The molecule has 1 amide bonds. The lowest BCUT2D eigenvalue weighted by Gasteiger charge is -2.46. The summed E-state index contributed by atoms with van der Waals surface area (Å²) in [7, 11) is 3.03. The summed E-state index contributed by atoms with van der Waals surface area (Å²) in [6.45, 7) is 6.48. The fourth-order valence-corrected chi connectivity index (χ4v) is 5.78. The van der Waals surface area contributed by atoms with Gasteiger partial charge < -0.3 is 24.2 Å². The smallest absolute Gasteiger partial charge is 0.260 e. The molecule has 41 heavy (non-hydrogen) atoms. The molecule has 7 heteroatoms. The number of rotatable bonds is 8. The predicted molar refractivity (Wildman–Crippen MR) is 163 cm³/mol. The highest BCUT2D eigenvalue weighted by molar-refractivity contribution is 6.30. The van der Waals surface area contributed by atoms with Gasteiger partial charge in [0, 0.05) is 17.7 Å². The Morgan fingerprint density at radius 1 is 1.07 bits per heavy atom. The van der Waals surface area contributed by atoms with Gasteiger partial charge in [0.25, 0.3) is 5.91 Å². The van der Waals surface area contributed by atoms with Crippen molar-refractivity contribution in [2.24, 2.45) is 0 Å². The molecule has 0 aliphatic carbocycles. The van der Waals surface area contributed by atoms with Crippen molar-refractivity contribution in [3.05, 3.63) is 106 Å². The minimum atomic E-state index is -1.83. The highest BCUT2D eigenvalue weighted by Gasteiger charge is 2.55. The van der Waals surface area contributed by atoms with E-state index in [9.17, 15) is 9.90 Å². The van der Waals surface area contributed by atoms with Crippen LogP contribution in [0.5, 0.6) is 11.5 Å². The summed E-state index contributed by atoms with van der Waals surface area (Å²) in [5, 5.41) is 13.4. The number of hydrogen-bond donors (Lipinski definition) is 1. The second-order valence-electron chi connectivity index (χ2n) is 11.1. The molecule has 1 N–H and O–H groups in total. The Kier molecular flexibility index (Phi) is 8.02. The highest BCUT2D eigenvalue weighted by Crippen LogP contribution is 2.52. The fraction of sp³-hybridized carbons (Fsp3) is 0.324. The quantitative estimate of drug-likeness (QED) is 0.292. The summed E-state index contributed by atoms with van der Waals surface area (Å²) < 4.78 is 18.0. The Morgan fingerprint density at radius 2 is 1.78 bits per heavy atom. The third kappa shape index (κ3) is 5.40. The number of fused-ring (bicyclic) bond motifs is 3. The minimum absolute atomic E-state index is 0.272. The number of amides is 1. The maximum Gasteiger partial charge on any atom is 0.260 e. The predicted octanol–water partition coefficient (Wildman–Crippen LogP) is 7.06. The lowest BCUT2D eigenvalue weighted by atomic mass is 9.75. The van der Waals surface area contributed by atoms with Gasteiger partial charge in [-0.15, -0.1) is 0 Å². The van der Waals surface area contributed by atoms with E-state index in [0.717, 1.165) is 24.0 Å². The van der Waals surface area contributed by atoms with E-state index >= 15 is 0 Å². The Balaban J connectivity index is 1.70. The van der Waals surface area contributed by atoms with Crippen molar-refractivity contribution >= 4 is 29.3 Å². The lowest BCUT2D eigenvalue weighted by molar-refractivity contribution is -0.146.